The Morgan fingerprint density at radius 1 is 1.31 bits per heavy atom. The molecule has 0 saturated carbocycles. The molecule has 3 heterocycles. The summed E-state index contributed by atoms with van der Waals surface area (Å²) in [5, 5.41) is 9.65. The number of carbonyl (C=O) groups is 3. The van der Waals surface area contributed by atoms with Crippen LogP contribution in [0.5, 0.6) is 0 Å². The smallest absolute Gasteiger partial charge is 0.304 e. The predicted octanol–water partition coefficient (Wildman–Crippen LogP) is 2.81. The number of ketones is 1. The number of carboxylic acids is 1. The van der Waals surface area contributed by atoms with E-state index in [9.17, 15) is 19.5 Å². The predicted molar refractivity (Wildman–Crippen MR) is 105 cm³/mol. The van der Waals surface area contributed by atoms with Gasteiger partial charge >= 0.3 is 5.97 Å². The number of benzene rings is 1. The fraction of sp³-hybridized carbons (Fsp3) is 0.261. The monoisotopic (exact) mass is 389 g/mol. The number of para-hydroxylation sites is 1. The van der Waals surface area contributed by atoms with Crippen molar-refractivity contribution in [1.82, 2.24) is 0 Å². The first-order valence-corrected chi connectivity index (χ1v) is 9.57. The van der Waals surface area contributed by atoms with Crippen LogP contribution in [0.3, 0.4) is 0 Å². The van der Waals surface area contributed by atoms with Crippen molar-refractivity contribution < 1.29 is 24.2 Å². The topological polar surface area (TPSA) is 83.9 Å². The van der Waals surface area contributed by atoms with Gasteiger partial charge in [0.2, 0.25) is 0 Å². The maximum Gasteiger partial charge on any atom is 0.304 e. The van der Waals surface area contributed by atoms with Crippen LogP contribution in [-0.4, -0.2) is 35.8 Å². The summed E-state index contributed by atoms with van der Waals surface area (Å²) < 4.78 is 6.14. The summed E-state index contributed by atoms with van der Waals surface area (Å²) in [6.45, 7) is 2.67. The summed E-state index contributed by atoms with van der Waals surface area (Å²) in [6, 6.07) is 7.91. The molecule has 0 fully saturated rings. The van der Waals surface area contributed by atoms with E-state index in [2.05, 4.69) is 4.90 Å². The molecule has 1 aromatic carbocycles. The van der Waals surface area contributed by atoms with Gasteiger partial charge in [-0.05, 0) is 30.7 Å². The minimum absolute atomic E-state index is 0.0359. The zero-order valence-electron chi connectivity index (χ0n) is 15.8. The fourth-order valence-electron chi connectivity index (χ4n) is 4.97. The lowest BCUT2D eigenvalue weighted by molar-refractivity contribution is -0.138. The molecule has 146 valence electrons. The highest BCUT2D eigenvalue weighted by Gasteiger charge is 2.50. The molecule has 0 spiro atoms. The van der Waals surface area contributed by atoms with E-state index in [4.69, 9.17) is 4.74 Å². The third-order valence-electron chi connectivity index (χ3n) is 6.17. The van der Waals surface area contributed by atoms with Crippen molar-refractivity contribution >= 4 is 23.7 Å². The van der Waals surface area contributed by atoms with E-state index in [0.29, 0.717) is 24.2 Å². The van der Waals surface area contributed by atoms with Gasteiger partial charge in [0.05, 0.1) is 12.0 Å². The number of aliphatic carboxylic acids is 1. The van der Waals surface area contributed by atoms with Crippen molar-refractivity contribution in [3.8, 4) is 0 Å². The Hall–Kier alpha value is -3.41. The quantitative estimate of drug-likeness (QED) is 0.632. The molecule has 2 unspecified atom stereocenters. The Morgan fingerprint density at radius 3 is 2.86 bits per heavy atom. The largest absolute Gasteiger partial charge is 0.485 e. The standard InChI is InChI=1S/C23H19NO5/c1-23(11-21(27)28)16-4-2-3-5-17(16)24-7-6-19-15(22(23)24)9-13-8-14(12-25)18(26)10-20(13)29-19/h2-5,8-10,12,19H,6-7,11H2,1H3,(H,27,28). The second kappa shape index (κ2) is 6.04. The van der Waals surface area contributed by atoms with Crippen LogP contribution in [0.25, 0.3) is 0 Å². The average Bonchev–Trinajstić information content (AvgIpc) is 2.94. The number of ether oxygens (including phenoxy) is 1. The van der Waals surface area contributed by atoms with E-state index in [1.54, 1.807) is 6.08 Å². The molecular formula is C23H19NO5. The molecule has 0 bridgehead atoms. The highest BCUT2D eigenvalue weighted by molar-refractivity contribution is 6.19. The van der Waals surface area contributed by atoms with E-state index >= 15 is 0 Å². The van der Waals surface area contributed by atoms with Gasteiger partial charge in [-0.25, -0.2) is 0 Å². The summed E-state index contributed by atoms with van der Waals surface area (Å²) >= 11 is 0. The number of nitrogens with zero attached hydrogens (tertiary/aromatic N) is 1. The van der Waals surface area contributed by atoms with Crippen LogP contribution in [0.4, 0.5) is 5.69 Å². The van der Waals surface area contributed by atoms with Crippen LogP contribution in [-0.2, 0) is 24.5 Å². The van der Waals surface area contributed by atoms with Crippen molar-refractivity contribution in [2.24, 2.45) is 0 Å². The van der Waals surface area contributed by atoms with Gasteiger partial charge in [-0.1, -0.05) is 18.2 Å². The third kappa shape index (κ3) is 2.45. The minimum Gasteiger partial charge on any atom is -0.485 e. The van der Waals surface area contributed by atoms with Gasteiger partial charge in [0, 0.05) is 47.0 Å². The van der Waals surface area contributed by atoms with E-state index < -0.39 is 11.4 Å². The third-order valence-corrected chi connectivity index (χ3v) is 6.17. The van der Waals surface area contributed by atoms with Gasteiger partial charge in [-0.3, -0.25) is 14.4 Å². The lowest BCUT2D eigenvalue weighted by Crippen LogP contribution is -2.41. The molecule has 4 aliphatic rings. The second-order valence-electron chi connectivity index (χ2n) is 7.96. The van der Waals surface area contributed by atoms with E-state index in [-0.39, 0.29) is 23.9 Å². The van der Waals surface area contributed by atoms with Gasteiger partial charge in [-0.15, -0.1) is 0 Å². The number of fused-ring (bicyclic) bond motifs is 5. The Morgan fingerprint density at radius 2 is 2.10 bits per heavy atom. The summed E-state index contributed by atoms with van der Waals surface area (Å²) in [5.41, 5.74) is 3.93. The molecule has 1 N–H and O–H groups in total. The zero-order valence-corrected chi connectivity index (χ0v) is 15.8. The fourth-order valence-corrected chi connectivity index (χ4v) is 4.97. The molecule has 6 heteroatoms. The van der Waals surface area contributed by atoms with Crippen LogP contribution < -0.4 is 4.90 Å². The van der Waals surface area contributed by atoms with Crippen LogP contribution in [0.1, 0.15) is 25.3 Å². The SMILES string of the molecule is CC1(CC(=O)O)C2=C3C=C4C=C(C=O)C(=O)C=C4OC3CCN2c2ccccc21. The molecule has 5 rings (SSSR count). The molecule has 0 saturated heterocycles. The van der Waals surface area contributed by atoms with Gasteiger partial charge in [0.1, 0.15) is 11.9 Å². The number of aldehydes is 1. The number of rotatable bonds is 3. The second-order valence-corrected chi connectivity index (χ2v) is 7.96. The molecule has 0 amide bonds. The Bertz CT molecular complexity index is 1110. The van der Waals surface area contributed by atoms with Crippen molar-refractivity contribution in [3.05, 3.63) is 76.2 Å². The van der Waals surface area contributed by atoms with Crippen molar-refractivity contribution in [3.63, 3.8) is 0 Å². The average molecular weight is 389 g/mol. The van der Waals surface area contributed by atoms with Crippen molar-refractivity contribution in [2.75, 3.05) is 11.4 Å². The summed E-state index contributed by atoms with van der Waals surface area (Å²) in [5.74, 6) is -0.751. The number of carbonyl (C=O) groups excluding carboxylic acids is 2. The molecule has 1 aromatic rings. The Balaban J connectivity index is 1.74. The van der Waals surface area contributed by atoms with Crippen molar-refractivity contribution in [1.29, 1.82) is 0 Å². The highest BCUT2D eigenvalue weighted by Crippen LogP contribution is 2.54. The lowest BCUT2D eigenvalue weighted by atomic mass is 9.75. The number of hydrogen-bond acceptors (Lipinski definition) is 5. The first-order valence-electron chi connectivity index (χ1n) is 9.57. The summed E-state index contributed by atoms with van der Waals surface area (Å²) in [7, 11) is 0. The molecule has 0 aromatic heterocycles. The Kier molecular flexibility index (Phi) is 3.68. The minimum atomic E-state index is -0.865. The molecule has 6 nitrogen and oxygen atoms in total. The van der Waals surface area contributed by atoms with E-state index in [0.717, 1.165) is 28.9 Å². The van der Waals surface area contributed by atoms with Crippen LogP contribution in [0, 0.1) is 0 Å². The molecule has 2 atom stereocenters. The number of carboxylic acid groups (broad SMARTS) is 1. The van der Waals surface area contributed by atoms with Crippen molar-refractivity contribution in [2.45, 2.75) is 31.3 Å². The summed E-state index contributed by atoms with van der Waals surface area (Å²) in [4.78, 5) is 37.2. The van der Waals surface area contributed by atoms with Crippen LogP contribution in [0.15, 0.2) is 70.7 Å². The van der Waals surface area contributed by atoms with E-state index in [1.165, 1.54) is 6.08 Å². The normalized spacial score (nSPS) is 26.9. The maximum atomic E-state index is 12.0. The summed E-state index contributed by atoms with van der Waals surface area (Å²) in [6.07, 6.45) is 5.84. The number of hydrogen-bond donors (Lipinski definition) is 1. The first-order chi connectivity index (χ1) is 13.9. The highest BCUT2D eigenvalue weighted by atomic mass is 16.5. The first kappa shape index (κ1) is 17.7. The molecule has 1 aliphatic carbocycles. The molecule has 0 radical (unpaired) electrons. The van der Waals surface area contributed by atoms with Gasteiger partial charge in [0.15, 0.2) is 12.1 Å². The molecule has 29 heavy (non-hydrogen) atoms. The lowest BCUT2D eigenvalue weighted by Gasteiger charge is -2.40. The number of allylic oxidation sites excluding steroid dienone is 4. The maximum absolute atomic E-state index is 12.0. The van der Waals surface area contributed by atoms with Gasteiger partial charge in [0.25, 0.3) is 0 Å². The van der Waals surface area contributed by atoms with Crippen LogP contribution in [0.2, 0.25) is 0 Å². The van der Waals surface area contributed by atoms with Gasteiger partial charge in [-0.2, -0.15) is 0 Å². The molecular weight excluding hydrogens is 370 g/mol. The molecule has 3 aliphatic heterocycles. The van der Waals surface area contributed by atoms with Crippen LogP contribution >= 0.6 is 0 Å². The van der Waals surface area contributed by atoms with Gasteiger partial charge < -0.3 is 14.7 Å². The Labute approximate surface area is 167 Å². The zero-order chi connectivity index (χ0) is 20.3. The van der Waals surface area contributed by atoms with E-state index in [1.807, 2.05) is 37.3 Å². The number of anilines is 1.